The first-order chi connectivity index (χ1) is 14.5. The standard InChI is InChI=1S/C22H24Cl2N2O5.Rb/c1-22(2,3)31-21(30)26-17(20(28)29)12-9-13-7-10-14(11-8-13)25-19(27)18-15(23)5-4-6-16(18)24;/h4-8,10-11,17H,9,12H2,1-3H3,(H,25,27)(H,26,30)(H,28,29);/q;+1/p-1. The summed E-state index contributed by atoms with van der Waals surface area (Å²) in [7, 11) is 0. The quantitative estimate of drug-likeness (QED) is 0.530. The number of anilines is 1. The van der Waals surface area contributed by atoms with Gasteiger partial charge in [-0.1, -0.05) is 41.4 Å². The maximum atomic E-state index is 12.4. The van der Waals surface area contributed by atoms with Crippen molar-refractivity contribution in [3.05, 3.63) is 63.6 Å². The Morgan fingerprint density at radius 1 is 1.03 bits per heavy atom. The van der Waals surface area contributed by atoms with Crippen molar-refractivity contribution in [2.75, 3.05) is 5.32 Å². The van der Waals surface area contributed by atoms with Crippen LogP contribution < -0.4 is 73.9 Å². The molecule has 0 bridgehead atoms. The molecule has 0 heterocycles. The van der Waals surface area contributed by atoms with Crippen molar-refractivity contribution in [2.45, 2.75) is 45.3 Å². The maximum Gasteiger partial charge on any atom is 1.00 e. The molecule has 166 valence electrons. The molecule has 2 N–H and O–H groups in total. The minimum Gasteiger partial charge on any atom is -0.548 e. The summed E-state index contributed by atoms with van der Waals surface area (Å²) >= 11 is 12.1. The van der Waals surface area contributed by atoms with Crippen molar-refractivity contribution < 1.29 is 82.4 Å². The summed E-state index contributed by atoms with van der Waals surface area (Å²) in [5.74, 6) is -1.84. The topological polar surface area (TPSA) is 108 Å². The molecule has 2 aromatic carbocycles. The van der Waals surface area contributed by atoms with Crippen LogP contribution in [0.2, 0.25) is 10.0 Å². The van der Waals surface area contributed by atoms with Crippen LogP contribution in [0.25, 0.3) is 0 Å². The van der Waals surface area contributed by atoms with Crippen LogP contribution in [0.3, 0.4) is 0 Å². The van der Waals surface area contributed by atoms with E-state index in [0.717, 1.165) is 5.56 Å². The van der Waals surface area contributed by atoms with Gasteiger partial charge in [0.1, 0.15) is 5.60 Å². The van der Waals surface area contributed by atoms with E-state index in [1.165, 1.54) is 0 Å². The number of ether oxygens (including phenoxy) is 1. The Morgan fingerprint density at radius 2 is 1.59 bits per heavy atom. The molecule has 0 fully saturated rings. The van der Waals surface area contributed by atoms with Crippen molar-refractivity contribution >= 4 is 46.9 Å². The number of aryl methyl sites for hydroxylation is 1. The number of carboxylic acids is 1. The van der Waals surface area contributed by atoms with Gasteiger partial charge in [-0.25, -0.2) is 4.79 Å². The second kappa shape index (κ2) is 13.1. The summed E-state index contributed by atoms with van der Waals surface area (Å²) in [5.41, 5.74) is 0.772. The SMILES string of the molecule is CC(C)(C)OC(=O)NC(CCc1ccc(NC(=O)c2c(Cl)cccc2Cl)cc1)C(=O)[O-].[Rb+]. The van der Waals surface area contributed by atoms with E-state index in [4.69, 9.17) is 27.9 Å². The largest absolute Gasteiger partial charge is 1.00 e. The third-order valence-electron chi connectivity index (χ3n) is 4.10. The molecule has 0 radical (unpaired) electrons. The predicted octanol–water partition coefficient (Wildman–Crippen LogP) is 0.825. The average Bonchev–Trinajstić information content (AvgIpc) is 2.64. The Labute approximate surface area is 246 Å². The fourth-order valence-electron chi connectivity index (χ4n) is 2.67. The third kappa shape index (κ3) is 9.49. The summed E-state index contributed by atoms with van der Waals surface area (Å²) in [5, 5.41) is 16.8. The maximum absolute atomic E-state index is 12.4. The van der Waals surface area contributed by atoms with Crippen molar-refractivity contribution in [3.8, 4) is 0 Å². The fraction of sp³-hybridized carbons (Fsp3) is 0.318. The van der Waals surface area contributed by atoms with Crippen LogP contribution in [-0.2, 0) is 16.0 Å². The molecular formula is C22H23Cl2N2O5Rb. The van der Waals surface area contributed by atoms with Crippen LogP contribution in [0.4, 0.5) is 10.5 Å². The number of hydrogen-bond acceptors (Lipinski definition) is 5. The Kier molecular flexibility index (Phi) is 11.9. The van der Waals surface area contributed by atoms with Gasteiger partial charge in [-0.05, 0) is 63.4 Å². The van der Waals surface area contributed by atoms with Crippen molar-refractivity contribution in [2.24, 2.45) is 0 Å². The van der Waals surface area contributed by atoms with Crippen molar-refractivity contribution in [3.63, 3.8) is 0 Å². The summed E-state index contributed by atoms with van der Waals surface area (Å²) in [6, 6.07) is 10.4. The van der Waals surface area contributed by atoms with E-state index >= 15 is 0 Å². The molecule has 0 saturated heterocycles. The van der Waals surface area contributed by atoms with Gasteiger partial charge in [0.15, 0.2) is 0 Å². The van der Waals surface area contributed by atoms with Gasteiger partial charge in [-0.2, -0.15) is 0 Å². The number of amides is 2. The normalized spacial score (nSPS) is 11.7. The fourth-order valence-corrected chi connectivity index (χ4v) is 3.24. The predicted molar refractivity (Wildman–Crippen MR) is 117 cm³/mol. The Balaban J connectivity index is 0.00000512. The van der Waals surface area contributed by atoms with E-state index in [2.05, 4.69) is 10.6 Å². The molecule has 1 unspecified atom stereocenters. The minimum absolute atomic E-state index is 0. The zero-order chi connectivity index (χ0) is 23.2. The molecule has 0 aromatic heterocycles. The van der Waals surface area contributed by atoms with Gasteiger partial charge >= 0.3 is 64.3 Å². The summed E-state index contributed by atoms with van der Waals surface area (Å²) in [6.45, 7) is 5.04. The van der Waals surface area contributed by atoms with Crippen LogP contribution in [-0.4, -0.2) is 29.6 Å². The molecule has 32 heavy (non-hydrogen) atoms. The van der Waals surface area contributed by atoms with Gasteiger partial charge in [-0.3, -0.25) is 4.79 Å². The van der Waals surface area contributed by atoms with E-state index < -0.39 is 29.6 Å². The second-order valence-corrected chi connectivity index (χ2v) is 8.62. The molecular weight excluding hydrogens is 529 g/mol. The van der Waals surface area contributed by atoms with Crippen LogP contribution in [0.1, 0.15) is 43.1 Å². The van der Waals surface area contributed by atoms with Crippen LogP contribution in [0.5, 0.6) is 0 Å². The first-order valence-electron chi connectivity index (χ1n) is 9.51. The number of rotatable bonds is 7. The molecule has 0 aliphatic rings. The van der Waals surface area contributed by atoms with E-state index in [-0.39, 0.29) is 80.2 Å². The summed E-state index contributed by atoms with van der Waals surface area (Å²) in [4.78, 5) is 35.6. The van der Waals surface area contributed by atoms with Crippen LogP contribution in [0, 0.1) is 0 Å². The number of alkyl carbamates (subject to hydrolysis) is 1. The van der Waals surface area contributed by atoms with Gasteiger partial charge in [0.05, 0.1) is 27.6 Å². The number of nitrogens with one attached hydrogen (secondary N) is 2. The molecule has 0 saturated carbocycles. The Hall–Kier alpha value is -0.965. The van der Waals surface area contributed by atoms with E-state index in [0.29, 0.717) is 12.1 Å². The zero-order valence-electron chi connectivity index (χ0n) is 18.3. The van der Waals surface area contributed by atoms with Crippen LogP contribution in [0.15, 0.2) is 42.5 Å². The molecule has 7 nitrogen and oxygen atoms in total. The van der Waals surface area contributed by atoms with E-state index in [1.807, 2.05) is 0 Å². The molecule has 0 aliphatic carbocycles. The molecule has 0 aliphatic heterocycles. The molecule has 2 aromatic rings. The van der Waals surface area contributed by atoms with E-state index in [1.54, 1.807) is 63.2 Å². The number of carboxylic acid groups (broad SMARTS) is 1. The Bertz CT molecular complexity index is 942. The smallest absolute Gasteiger partial charge is 0.548 e. The molecule has 2 rings (SSSR count). The van der Waals surface area contributed by atoms with Crippen molar-refractivity contribution in [1.82, 2.24) is 5.32 Å². The van der Waals surface area contributed by atoms with Gasteiger partial charge in [0.25, 0.3) is 5.91 Å². The number of carbonyl (C=O) groups is 3. The van der Waals surface area contributed by atoms with Crippen LogP contribution >= 0.6 is 23.2 Å². The Morgan fingerprint density at radius 3 is 2.09 bits per heavy atom. The second-order valence-electron chi connectivity index (χ2n) is 7.80. The number of carbonyl (C=O) groups excluding carboxylic acids is 3. The van der Waals surface area contributed by atoms with Gasteiger partial charge in [0, 0.05) is 5.69 Å². The van der Waals surface area contributed by atoms with E-state index in [9.17, 15) is 19.5 Å². The monoisotopic (exact) mass is 550 g/mol. The molecule has 10 heteroatoms. The molecule has 0 spiro atoms. The van der Waals surface area contributed by atoms with Gasteiger partial charge in [0.2, 0.25) is 0 Å². The first kappa shape index (κ1) is 29.1. The van der Waals surface area contributed by atoms with Gasteiger partial charge in [-0.15, -0.1) is 0 Å². The number of halogens is 2. The molecule has 1 atom stereocenters. The zero-order valence-corrected chi connectivity index (χ0v) is 24.8. The summed E-state index contributed by atoms with van der Waals surface area (Å²) < 4.78 is 5.08. The first-order valence-corrected chi connectivity index (χ1v) is 10.3. The number of benzene rings is 2. The number of hydrogen-bond donors (Lipinski definition) is 2. The van der Waals surface area contributed by atoms with Gasteiger partial charge < -0.3 is 25.3 Å². The average molecular weight is 552 g/mol. The summed E-state index contributed by atoms with van der Waals surface area (Å²) in [6.07, 6.45) is -0.348. The van der Waals surface area contributed by atoms with Crippen molar-refractivity contribution in [1.29, 1.82) is 0 Å². The minimum atomic E-state index is -1.40. The molecule has 2 amide bonds. The third-order valence-corrected chi connectivity index (χ3v) is 4.73. The number of aliphatic carboxylic acids is 1.